The van der Waals surface area contributed by atoms with Crippen molar-refractivity contribution in [3.8, 4) is 5.75 Å². The maximum Gasteiger partial charge on any atom is 0.197 e. The van der Waals surface area contributed by atoms with Gasteiger partial charge in [0.15, 0.2) is 4.73 Å². The highest BCUT2D eigenvalue weighted by Crippen LogP contribution is 2.23. The van der Waals surface area contributed by atoms with E-state index >= 15 is 0 Å². The molecule has 16 heavy (non-hydrogen) atoms. The Bertz CT molecular complexity index is 514. The molecule has 0 amide bonds. The summed E-state index contributed by atoms with van der Waals surface area (Å²) in [5.41, 5.74) is 2.01. The van der Waals surface area contributed by atoms with E-state index in [1.54, 1.807) is 7.11 Å². The van der Waals surface area contributed by atoms with E-state index in [2.05, 4.69) is 32.8 Å². The Morgan fingerprint density at radius 2 is 2.12 bits per heavy atom. The first-order valence-corrected chi connectivity index (χ1v) is 6.04. The number of methoxy groups -OCH3 is 1. The van der Waals surface area contributed by atoms with Crippen molar-refractivity contribution in [1.82, 2.24) is 9.97 Å². The van der Waals surface area contributed by atoms with Gasteiger partial charge in [0, 0.05) is 11.5 Å². The van der Waals surface area contributed by atoms with E-state index in [1.807, 2.05) is 18.2 Å². The molecule has 0 aliphatic rings. The largest absolute Gasteiger partial charge is 0.497 e. The molecular weight excluding hydrogens is 268 g/mol. The van der Waals surface area contributed by atoms with Gasteiger partial charge < -0.3 is 4.74 Å². The molecular formula is C12H13BrN2O. The topological polar surface area (TPSA) is 35.0 Å². The van der Waals surface area contributed by atoms with Gasteiger partial charge in [-0.05, 0) is 34.5 Å². The van der Waals surface area contributed by atoms with Crippen LogP contribution in [-0.4, -0.2) is 17.1 Å². The van der Waals surface area contributed by atoms with Crippen molar-refractivity contribution >= 4 is 26.8 Å². The number of fused-ring (bicyclic) bond motifs is 1. The number of hydrogen-bond acceptors (Lipinski definition) is 3. The molecule has 0 aliphatic heterocycles. The monoisotopic (exact) mass is 280 g/mol. The van der Waals surface area contributed by atoms with E-state index in [4.69, 9.17) is 4.74 Å². The van der Waals surface area contributed by atoms with Gasteiger partial charge in [0.05, 0.1) is 18.3 Å². The van der Waals surface area contributed by atoms with Crippen LogP contribution in [0.5, 0.6) is 5.75 Å². The van der Waals surface area contributed by atoms with E-state index in [0.29, 0.717) is 4.73 Å². The lowest BCUT2D eigenvalue weighted by Gasteiger charge is -2.06. The fourth-order valence-electron chi connectivity index (χ4n) is 1.70. The first-order chi connectivity index (χ1) is 7.74. The van der Waals surface area contributed by atoms with Gasteiger partial charge in [-0.15, -0.1) is 0 Å². The van der Waals surface area contributed by atoms with Crippen LogP contribution in [0.1, 0.15) is 19.0 Å². The van der Waals surface area contributed by atoms with Crippen LogP contribution in [0.3, 0.4) is 0 Å². The third-order valence-electron chi connectivity index (χ3n) is 2.44. The van der Waals surface area contributed by atoms with Crippen molar-refractivity contribution in [1.29, 1.82) is 0 Å². The van der Waals surface area contributed by atoms with Gasteiger partial charge >= 0.3 is 0 Å². The maximum absolute atomic E-state index is 5.19. The molecule has 0 radical (unpaired) electrons. The first-order valence-electron chi connectivity index (χ1n) is 5.24. The Morgan fingerprint density at radius 3 is 2.81 bits per heavy atom. The second-order valence-electron chi connectivity index (χ2n) is 3.57. The first kappa shape index (κ1) is 11.3. The van der Waals surface area contributed by atoms with Crippen molar-refractivity contribution in [2.75, 3.05) is 7.11 Å². The fourth-order valence-corrected chi connectivity index (χ4v) is 2.10. The van der Waals surface area contributed by atoms with Crippen LogP contribution in [0.2, 0.25) is 0 Å². The zero-order valence-corrected chi connectivity index (χ0v) is 10.9. The third kappa shape index (κ3) is 2.16. The predicted octanol–water partition coefficient (Wildman–Crippen LogP) is 3.35. The van der Waals surface area contributed by atoms with Crippen LogP contribution in [-0.2, 0) is 6.42 Å². The number of aromatic nitrogens is 2. The van der Waals surface area contributed by atoms with Crippen LogP contribution >= 0.6 is 15.9 Å². The normalized spacial score (nSPS) is 10.7. The van der Waals surface area contributed by atoms with Crippen molar-refractivity contribution in [3.63, 3.8) is 0 Å². The molecule has 0 atom stereocenters. The minimum absolute atomic E-state index is 0.636. The molecule has 0 bridgehead atoms. The van der Waals surface area contributed by atoms with Crippen LogP contribution in [0, 0.1) is 0 Å². The Balaban J connectivity index is 2.63. The number of rotatable bonds is 3. The molecule has 0 unspecified atom stereocenters. The summed E-state index contributed by atoms with van der Waals surface area (Å²) in [5, 5.41) is 1.10. The number of benzene rings is 1. The van der Waals surface area contributed by atoms with Gasteiger partial charge in [-0.2, -0.15) is 0 Å². The van der Waals surface area contributed by atoms with Gasteiger partial charge in [0.2, 0.25) is 0 Å². The van der Waals surface area contributed by atoms with Gasteiger partial charge in [-0.1, -0.05) is 13.3 Å². The van der Waals surface area contributed by atoms with Crippen LogP contribution in [0.25, 0.3) is 10.9 Å². The second-order valence-corrected chi connectivity index (χ2v) is 4.28. The summed E-state index contributed by atoms with van der Waals surface area (Å²) in [6.45, 7) is 2.14. The van der Waals surface area contributed by atoms with E-state index in [1.165, 1.54) is 0 Å². The van der Waals surface area contributed by atoms with Gasteiger partial charge in [-0.25, -0.2) is 9.97 Å². The molecule has 0 aliphatic carbocycles. The molecule has 0 saturated carbocycles. The SMILES string of the molecule is CCCc1nc(Br)nc2cc(OC)ccc12. The summed E-state index contributed by atoms with van der Waals surface area (Å²) in [7, 11) is 1.66. The van der Waals surface area contributed by atoms with Crippen molar-refractivity contribution in [2.24, 2.45) is 0 Å². The highest BCUT2D eigenvalue weighted by molar-refractivity contribution is 9.10. The van der Waals surface area contributed by atoms with Gasteiger partial charge in [0.25, 0.3) is 0 Å². The molecule has 1 heterocycles. The van der Waals surface area contributed by atoms with Gasteiger partial charge in [-0.3, -0.25) is 0 Å². The molecule has 3 nitrogen and oxygen atoms in total. The molecule has 0 fully saturated rings. The summed E-state index contributed by atoms with van der Waals surface area (Å²) < 4.78 is 5.82. The van der Waals surface area contributed by atoms with Gasteiger partial charge in [0.1, 0.15) is 5.75 Å². The number of halogens is 1. The molecule has 0 N–H and O–H groups in total. The summed E-state index contributed by atoms with van der Waals surface area (Å²) in [6, 6.07) is 5.89. The highest BCUT2D eigenvalue weighted by Gasteiger charge is 2.06. The second kappa shape index (κ2) is 4.78. The quantitative estimate of drug-likeness (QED) is 0.809. The Hall–Kier alpha value is -1.16. The lowest BCUT2D eigenvalue weighted by atomic mass is 10.1. The van der Waals surface area contributed by atoms with Crippen LogP contribution < -0.4 is 4.74 Å². The average Bonchev–Trinajstić information content (AvgIpc) is 2.28. The molecule has 0 spiro atoms. The maximum atomic E-state index is 5.19. The molecule has 2 aromatic rings. The minimum atomic E-state index is 0.636. The lowest BCUT2D eigenvalue weighted by molar-refractivity contribution is 0.415. The highest BCUT2D eigenvalue weighted by atomic mass is 79.9. The summed E-state index contributed by atoms with van der Waals surface area (Å²) >= 11 is 3.34. The Labute approximate surface area is 103 Å². The summed E-state index contributed by atoms with van der Waals surface area (Å²) in [6.07, 6.45) is 2.04. The minimum Gasteiger partial charge on any atom is -0.497 e. The predicted molar refractivity (Wildman–Crippen MR) is 67.8 cm³/mol. The van der Waals surface area contributed by atoms with Crippen LogP contribution in [0.15, 0.2) is 22.9 Å². The van der Waals surface area contributed by atoms with E-state index in [9.17, 15) is 0 Å². The molecule has 1 aromatic carbocycles. The van der Waals surface area contributed by atoms with E-state index < -0.39 is 0 Å². The van der Waals surface area contributed by atoms with E-state index in [0.717, 1.165) is 35.2 Å². The smallest absolute Gasteiger partial charge is 0.197 e. The number of aryl methyl sites for hydroxylation is 1. The summed E-state index contributed by atoms with van der Waals surface area (Å²) in [5.74, 6) is 0.820. The number of ether oxygens (including phenoxy) is 1. The van der Waals surface area contributed by atoms with Crippen LogP contribution in [0.4, 0.5) is 0 Å². The van der Waals surface area contributed by atoms with Crippen molar-refractivity contribution < 1.29 is 4.74 Å². The molecule has 84 valence electrons. The number of hydrogen-bond donors (Lipinski definition) is 0. The Kier molecular flexibility index (Phi) is 3.39. The van der Waals surface area contributed by atoms with Crippen molar-refractivity contribution in [2.45, 2.75) is 19.8 Å². The zero-order valence-electron chi connectivity index (χ0n) is 9.33. The molecule has 1 aromatic heterocycles. The molecule has 0 saturated heterocycles. The molecule has 2 rings (SSSR count). The summed E-state index contributed by atoms with van der Waals surface area (Å²) in [4.78, 5) is 8.76. The van der Waals surface area contributed by atoms with E-state index in [-0.39, 0.29) is 0 Å². The number of nitrogens with zero attached hydrogens (tertiary/aromatic N) is 2. The Morgan fingerprint density at radius 1 is 1.31 bits per heavy atom. The molecule has 4 heteroatoms. The average molecular weight is 281 g/mol. The third-order valence-corrected chi connectivity index (χ3v) is 2.80. The standard InChI is InChI=1S/C12H13BrN2O/c1-3-4-10-9-6-5-8(16-2)7-11(9)15-12(13)14-10/h5-7H,3-4H2,1-2H3. The fraction of sp³-hybridized carbons (Fsp3) is 0.333. The van der Waals surface area contributed by atoms with Crippen molar-refractivity contribution in [3.05, 3.63) is 28.6 Å². The zero-order chi connectivity index (χ0) is 11.5. The lowest BCUT2D eigenvalue weighted by Crippen LogP contribution is -1.95.